The molecule has 0 saturated heterocycles. The number of aliphatic carboxylic acids is 1. The minimum Gasteiger partial charge on any atom is -0.489 e. The monoisotopic (exact) mass is 473 g/mol. The normalized spacial score (nSPS) is 17.9. The molecule has 10 nitrogen and oxygen atoms in total. The molecule has 1 aliphatic carbocycles. The second-order valence-corrected chi connectivity index (χ2v) is 8.91. The molecule has 3 rings (SSSR count). The molecule has 0 bridgehead atoms. The molecule has 186 valence electrons. The first kappa shape index (κ1) is 25.5. The Morgan fingerprint density at radius 2 is 2.06 bits per heavy atom. The average Bonchev–Trinajstić information content (AvgIpc) is 3.19. The van der Waals surface area contributed by atoms with Gasteiger partial charge < -0.3 is 19.5 Å². The summed E-state index contributed by atoms with van der Waals surface area (Å²) in [7, 11) is 3.48. The van der Waals surface area contributed by atoms with Crippen molar-refractivity contribution in [2.45, 2.75) is 71.5 Å². The highest BCUT2D eigenvalue weighted by molar-refractivity contribution is 5.70. The van der Waals surface area contributed by atoms with E-state index in [-0.39, 0.29) is 24.7 Å². The number of ether oxygens (including phenoxy) is 2. The van der Waals surface area contributed by atoms with Gasteiger partial charge in [0.15, 0.2) is 0 Å². The number of pyridine rings is 1. The van der Waals surface area contributed by atoms with Gasteiger partial charge in [-0.1, -0.05) is 25.0 Å². The Morgan fingerprint density at radius 1 is 1.26 bits per heavy atom. The SMILES string of the molecule is CCCCCN(C)C(=O)OCc1c(-c2ccc(OC3CCCC(C(=O)O)C3)c(C)n2)nnn1C. The molecule has 0 aliphatic heterocycles. The molecule has 2 aromatic heterocycles. The van der Waals surface area contributed by atoms with Crippen LogP contribution in [0.1, 0.15) is 63.3 Å². The van der Waals surface area contributed by atoms with E-state index in [9.17, 15) is 14.7 Å². The molecule has 1 amide bonds. The van der Waals surface area contributed by atoms with E-state index in [4.69, 9.17) is 9.47 Å². The van der Waals surface area contributed by atoms with Gasteiger partial charge in [0.2, 0.25) is 0 Å². The second-order valence-electron chi connectivity index (χ2n) is 8.91. The Hall–Kier alpha value is -3.17. The highest BCUT2D eigenvalue weighted by Crippen LogP contribution is 2.30. The highest BCUT2D eigenvalue weighted by atomic mass is 16.6. The number of hydrogen-bond acceptors (Lipinski definition) is 7. The van der Waals surface area contributed by atoms with Crippen LogP contribution in [0.25, 0.3) is 11.4 Å². The molecule has 2 aromatic rings. The zero-order valence-corrected chi connectivity index (χ0v) is 20.5. The van der Waals surface area contributed by atoms with E-state index in [1.807, 2.05) is 13.0 Å². The van der Waals surface area contributed by atoms with Crippen molar-refractivity contribution in [3.63, 3.8) is 0 Å². The van der Waals surface area contributed by atoms with Crippen molar-refractivity contribution in [1.29, 1.82) is 0 Å². The van der Waals surface area contributed by atoms with Crippen LogP contribution in [0.4, 0.5) is 4.79 Å². The van der Waals surface area contributed by atoms with E-state index in [1.54, 1.807) is 29.7 Å². The summed E-state index contributed by atoms with van der Waals surface area (Å²) in [5.74, 6) is -0.492. The number of nitrogens with zero attached hydrogens (tertiary/aromatic N) is 5. The van der Waals surface area contributed by atoms with Crippen LogP contribution in [-0.2, 0) is 23.2 Å². The largest absolute Gasteiger partial charge is 0.489 e. The fourth-order valence-electron chi connectivity index (χ4n) is 4.13. The van der Waals surface area contributed by atoms with Crippen molar-refractivity contribution in [3.8, 4) is 17.1 Å². The van der Waals surface area contributed by atoms with E-state index in [0.29, 0.717) is 47.9 Å². The lowest BCUT2D eigenvalue weighted by atomic mass is 9.87. The van der Waals surface area contributed by atoms with Gasteiger partial charge in [0.1, 0.15) is 23.7 Å². The van der Waals surface area contributed by atoms with Crippen LogP contribution < -0.4 is 4.74 Å². The highest BCUT2D eigenvalue weighted by Gasteiger charge is 2.28. The summed E-state index contributed by atoms with van der Waals surface area (Å²) in [6, 6.07) is 3.63. The van der Waals surface area contributed by atoms with Gasteiger partial charge in [-0.25, -0.2) is 14.5 Å². The molecule has 2 heterocycles. The van der Waals surface area contributed by atoms with Crippen molar-refractivity contribution in [2.24, 2.45) is 13.0 Å². The number of aryl methyl sites for hydroxylation is 2. The molecular formula is C24H35N5O5. The Morgan fingerprint density at radius 3 is 2.76 bits per heavy atom. The lowest BCUT2D eigenvalue weighted by Crippen LogP contribution is -2.29. The van der Waals surface area contributed by atoms with Gasteiger partial charge in [0.05, 0.1) is 23.4 Å². The maximum absolute atomic E-state index is 12.3. The summed E-state index contributed by atoms with van der Waals surface area (Å²) in [5, 5.41) is 17.6. The summed E-state index contributed by atoms with van der Waals surface area (Å²) in [6.07, 6.45) is 5.44. The molecule has 0 aromatic carbocycles. The number of aromatic nitrogens is 4. The molecular weight excluding hydrogens is 438 g/mol. The van der Waals surface area contributed by atoms with Crippen molar-refractivity contribution in [1.82, 2.24) is 24.9 Å². The number of hydrogen-bond donors (Lipinski definition) is 1. The molecule has 0 radical (unpaired) electrons. The van der Waals surface area contributed by atoms with E-state index in [1.165, 1.54) is 0 Å². The first-order valence-electron chi connectivity index (χ1n) is 11.9. The maximum atomic E-state index is 12.3. The number of amides is 1. The molecule has 1 N–H and O–H groups in total. The maximum Gasteiger partial charge on any atom is 0.409 e. The minimum atomic E-state index is -0.762. The van der Waals surface area contributed by atoms with Gasteiger partial charge in [-0.2, -0.15) is 0 Å². The molecule has 2 unspecified atom stereocenters. The van der Waals surface area contributed by atoms with Gasteiger partial charge in [-0.3, -0.25) is 4.79 Å². The predicted molar refractivity (Wildman–Crippen MR) is 125 cm³/mol. The Bertz CT molecular complexity index is 992. The Kier molecular flexibility index (Phi) is 8.84. The summed E-state index contributed by atoms with van der Waals surface area (Å²) in [6.45, 7) is 4.65. The molecule has 2 atom stereocenters. The van der Waals surface area contributed by atoms with Crippen molar-refractivity contribution >= 4 is 12.1 Å². The third-order valence-corrected chi connectivity index (χ3v) is 6.23. The number of rotatable bonds is 10. The van der Waals surface area contributed by atoms with E-state index in [0.717, 1.165) is 32.1 Å². The van der Waals surface area contributed by atoms with Crippen LogP contribution in [0, 0.1) is 12.8 Å². The van der Waals surface area contributed by atoms with Crippen LogP contribution in [0.15, 0.2) is 12.1 Å². The zero-order valence-electron chi connectivity index (χ0n) is 20.5. The first-order chi connectivity index (χ1) is 16.3. The van der Waals surface area contributed by atoms with Crippen molar-refractivity contribution < 1.29 is 24.2 Å². The first-order valence-corrected chi connectivity index (χ1v) is 11.9. The van der Waals surface area contributed by atoms with Gasteiger partial charge >= 0.3 is 12.1 Å². The third kappa shape index (κ3) is 6.45. The van der Waals surface area contributed by atoms with Crippen LogP contribution in [0.5, 0.6) is 5.75 Å². The molecule has 0 spiro atoms. The van der Waals surface area contributed by atoms with Gasteiger partial charge in [-0.15, -0.1) is 5.10 Å². The number of carbonyl (C=O) groups excluding carboxylic acids is 1. The number of carboxylic acid groups (broad SMARTS) is 1. The van der Waals surface area contributed by atoms with Crippen molar-refractivity contribution in [2.75, 3.05) is 13.6 Å². The van der Waals surface area contributed by atoms with Gasteiger partial charge in [0.25, 0.3) is 0 Å². The number of unbranched alkanes of at least 4 members (excludes halogenated alkanes) is 2. The number of carbonyl (C=O) groups is 2. The van der Waals surface area contributed by atoms with Gasteiger partial charge in [0, 0.05) is 20.6 Å². The van der Waals surface area contributed by atoms with Crippen LogP contribution in [-0.4, -0.2) is 61.7 Å². The molecule has 1 fully saturated rings. The topological polar surface area (TPSA) is 120 Å². The van der Waals surface area contributed by atoms with Gasteiger partial charge in [-0.05, 0) is 51.2 Å². The Labute approximate surface area is 200 Å². The lowest BCUT2D eigenvalue weighted by Gasteiger charge is -2.27. The fraction of sp³-hybridized carbons (Fsp3) is 0.625. The summed E-state index contributed by atoms with van der Waals surface area (Å²) >= 11 is 0. The smallest absolute Gasteiger partial charge is 0.409 e. The fourth-order valence-corrected chi connectivity index (χ4v) is 4.13. The van der Waals surface area contributed by atoms with Crippen LogP contribution in [0.3, 0.4) is 0 Å². The Balaban J connectivity index is 1.66. The zero-order chi connectivity index (χ0) is 24.7. The third-order valence-electron chi connectivity index (χ3n) is 6.23. The van der Waals surface area contributed by atoms with Crippen molar-refractivity contribution in [3.05, 3.63) is 23.5 Å². The quantitative estimate of drug-likeness (QED) is 0.515. The van der Waals surface area contributed by atoms with E-state index >= 15 is 0 Å². The van der Waals surface area contributed by atoms with Crippen LogP contribution in [0.2, 0.25) is 0 Å². The minimum absolute atomic E-state index is 0.0351. The van der Waals surface area contributed by atoms with E-state index < -0.39 is 5.97 Å². The number of carboxylic acids is 1. The molecule has 10 heteroatoms. The van der Waals surface area contributed by atoms with E-state index in [2.05, 4.69) is 22.2 Å². The molecule has 34 heavy (non-hydrogen) atoms. The second kappa shape index (κ2) is 11.8. The molecule has 1 aliphatic rings. The summed E-state index contributed by atoms with van der Waals surface area (Å²) in [4.78, 5) is 29.9. The lowest BCUT2D eigenvalue weighted by molar-refractivity contribution is -0.143. The average molecular weight is 474 g/mol. The summed E-state index contributed by atoms with van der Waals surface area (Å²) in [5.41, 5.74) is 2.47. The predicted octanol–water partition coefficient (Wildman–Crippen LogP) is 3.97. The molecule has 1 saturated carbocycles. The standard InChI is InChI=1S/C24H35N5O5/c1-5-6-7-13-28(3)24(32)33-15-20-22(26-27-29(20)4)19-11-12-21(16(2)25-19)34-18-10-8-9-17(14-18)23(30)31/h11-12,17-18H,5-10,13-15H2,1-4H3,(H,30,31). The summed E-state index contributed by atoms with van der Waals surface area (Å²) < 4.78 is 13.2. The van der Waals surface area contributed by atoms with Crippen LogP contribution >= 0.6 is 0 Å².